The van der Waals surface area contributed by atoms with E-state index in [1.807, 2.05) is 30.5 Å². The first-order valence-corrected chi connectivity index (χ1v) is 6.36. The molecule has 3 aromatic heterocycles. The van der Waals surface area contributed by atoms with Gasteiger partial charge in [-0.2, -0.15) is 5.10 Å². The van der Waals surface area contributed by atoms with Crippen LogP contribution in [0.3, 0.4) is 0 Å². The van der Waals surface area contributed by atoms with Crippen LogP contribution in [0.2, 0.25) is 0 Å². The van der Waals surface area contributed by atoms with E-state index < -0.39 is 0 Å². The predicted molar refractivity (Wildman–Crippen MR) is 78.7 cm³/mol. The smallest absolute Gasteiger partial charge is 0.182 e. The van der Waals surface area contributed by atoms with Gasteiger partial charge in [0.25, 0.3) is 0 Å². The van der Waals surface area contributed by atoms with Crippen LogP contribution in [0.5, 0.6) is 0 Å². The third-order valence-corrected chi connectivity index (χ3v) is 3.25. The number of hydrogen-bond donors (Lipinski definition) is 2. The van der Waals surface area contributed by atoms with E-state index in [9.17, 15) is 0 Å². The number of benzene rings is 1. The summed E-state index contributed by atoms with van der Waals surface area (Å²) in [6.45, 7) is 0. The largest absolute Gasteiger partial charge is 0.399 e. The van der Waals surface area contributed by atoms with Crippen molar-refractivity contribution in [1.29, 1.82) is 0 Å². The lowest BCUT2D eigenvalue weighted by Gasteiger charge is -2.00. The Morgan fingerprint density at radius 3 is 2.71 bits per heavy atom. The number of aromatic nitrogens is 6. The van der Waals surface area contributed by atoms with Crippen LogP contribution in [-0.2, 0) is 0 Å². The number of nitrogen functional groups attached to an aromatic ring is 1. The number of nitrogens with one attached hydrogen (secondary N) is 1. The number of rotatable bonds is 2. The molecule has 3 heterocycles. The number of hydrogen-bond acceptors (Lipinski definition) is 5. The zero-order valence-electron chi connectivity index (χ0n) is 10.9. The highest BCUT2D eigenvalue weighted by atomic mass is 15.3. The molecule has 21 heavy (non-hydrogen) atoms. The molecule has 3 N–H and O–H groups in total. The molecule has 4 rings (SSSR count). The third kappa shape index (κ3) is 1.91. The standard InChI is InChI=1S/C14H11N7/c15-11-3-1-9(2-4-11)10-5-20-21(6-10)14-12-13(17-7-16-12)18-8-19-14/h1-8H,15H2,(H,16,17,18,19). The van der Waals surface area contributed by atoms with Gasteiger partial charge >= 0.3 is 0 Å². The number of nitrogens with two attached hydrogens (primary N) is 1. The fourth-order valence-corrected chi connectivity index (χ4v) is 2.19. The highest BCUT2D eigenvalue weighted by molar-refractivity contribution is 5.77. The summed E-state index contributed by atoms with van der Waals surface area (Å²) < 4.78 is 1.70. The Labute approximate surface area is 119 Å². The third-order valence-electron chi connectivity index (χ3n) is 3.25. The molecule has 0 aliphatic heterocycles. The maximum absolute atomic E-state index is 5.70. The maximum Gasteiger partial charge on any atom is 0.182 e. The average Bonchev–Trinajstić information content (AvgIpc) is 3.16. The van der Waals surface area contributed by atoms with Gasteiger partial charge in [-0.25, -0.2) is 19.6 Å². The lowest BCUT2D eigenvalue weighted by atomic mass is 10.1. The first kappa shape index (κ1) is 11.6. The summed E-state index contributed by atoms with van der Waals surface area (Å²) in [5, 5.41) is 4.36. The first-order chi connectivity index (χ1) is 10.3. The highest BCUT2D eigenvalue weighted by Gasteiger charge is 2.10. The van der Waals surface area contributed by atoms with Crippen LogP contribution in [-0.4, -0.2) is 29.7 Å². The van der Waals surface area contributed by atoms with Gasteiger partial charge in [-0.3, -0.25) is 0 Å². The summed E-state index contributed by atoms with van der Waals surface area (Å²) in [7, 11) is 0. The Morgan fingerprint density at radius 2 is 1.86 bits per heavy atom. The Kier molecular flexibility index (Phi) is 2.43. The second kappa shape index (κ2) is 4.41. The first-order valence-electron chi connectivity index (χ1n) is 6.36. The monoisotopic (exact) mass is 277 g/mol. The van der Waals surface area contributed by atoms with Crippen LogP contribution in [0, 0.1) is 0 Å². The Bertz CT molecular complexity index is 904. The predicted octanol–water partition coefficient (Wildman–Crippen LogP) is 1.79. The van der Waals surface area contributed by atoms with E-state index in [0.717, 1.165) is 22.3 Å². The van der Waals surface area contributed by atoms with Crippen molar-refractivity contribution in [2.24, 2.45) is 0 Å². The van der Waals surface area contributed by atoms with E-state index in [1.165, 1.54) is 6.33 Å². The summed E-state index contributed by atoms with van der Waals surface area (Å²) in [4.78, 5) is 15.5. The molecule has 0 fully saturated rings. The van der Waals surface area contributed by atoms with Crippen LogP contribution < -0.4 is 5.73 Å². The molecule has 1 aromatic carbocycles. The fourth-order valence-electron chi connectivity index (χ4n) is 2.19. The summed E-state index contributed by atoms with van der Waals surface area (Å²) in [6, 6.07) is 7.65. The molecule has 0 aliphatic rings. The van der Waals surface area contributed by atoms with Gasteiger partial charge in [0.2, 0.25) is 0 Å². The highest BCUT2D eigenvalue weighted by Crippen LogP contribution is 2.22. The Hall–Kier alpha value is -3.22. The zero-order valence-corrected chi connectivity index (χ0v) is 10.9. The summed E-state index contributed by atoms with van der Waals surface area (Å²) in [5.41, 5.74) is 9.84. The quantitative estimate of drug-likeness (QED) is 0.544. The summed E-state index contributed by atoms with van der Waals surface area (Å²) >= 11 is 0. The second-order valence-electron chi connectivity index (χ2n) is 4.59. The van der Waals surface area contributed by atoms with Gasteiger partial charge in [-0.1, -0.05) is 12.1 Å². The van der Waals surface area contributed by atoms with E-state index in [1.54, 1.807) is 17.2 Å². The molecule has 7 nitrogen and oxygen atoms in total. The topological polar surface area (TPSA) is 98.3 Å². The molecule has 0 unspecified atom stereocenters. The minimum Gasteiger partial charge on any atom is -0.399 e. The van der Waals surface area contributed by atoms with Gasteiger partial charge in [0.05, 0.1) is 12.5 Å². The molecule has 0 spiro atoms. The Morgan fingerprint density at radius 1 is 1.00 bits per heavy atom. The van der Waals surface area contributed by atoms with Gasteiger partial charge in [0, 0.05) is 17.4 Å². The molecule has 0 amide bonds. The number of H-pyrrole nitrogens is 1. The Balaban J connectivity index is 1.81. The van der Waals surface area contributed by atoms with Crippen molar-refractivity contribution in [3.8, 4) is 16.9 Å². The minimum absolute atomic E-state index is 0.615. The van der Waals surface area contributed by atoms with E-state index >= 15 is 0 Å². The van der Waals surface area contributed by atoms with Crippen molar-refractivity contribution < 1.29 is 0 Å². The van der Waals surface area contributed by atoms with Crippen molar-refractivity contribution in [1.82, 2.24) is 29.7 Å². The molecular weight excluding hydrogens is 266 g/mol. The van der Waals surface area contributed by atoms with E-state index in [0.29, 0.717) is 11.5 Å². The van der Waals surface area contributed by atoms with Crippen molar-refractivity contribution in [2.45, 2.75) is 0 Å². The molecule has 0 bridgehead atoms. The number of anilines is 1. The van der Waals surface area contributed by atoms with E-state index in [-0.39, 0.29) is 0 Å². The van der Waals surface area contributed by atoms with E-state index in [4.69, 9.17) is 5.73 Å². The maximum atomic E-state index is 5.70. The molecule has 0 saturated heterocycles. The summed E-state index contributed by atoms with van der Waals surface area (Å²) in [6.07, 6.45) is 6.76. The van der Waals surface area contributed by atoms with Gasteiger partial charge in [0.15, 0.2) is 11.5 Å². The van der Waals surface area contributed by atoms with Crippen LogP contribution in [0.15, 0.2) is 49.3 Å². The number of nitrogens with zero attached hydrogens (tertiary/aromatic N) is 5. The molecule has 4 aromatic rings. The molecule has 0 aliphatic carbocycles. The summed E-state index contributed by atoms with van der Waals surface area (Å²) in [5.74, 6) is 0.666. The van der Waals surface area contributed by atoms with Gasteiger partial charge in [-0.05, 0) is 17.7 Å². The average molecular weight is 277 g/mol. The van der Waals surface area contributed by atoms with Crippen LogP contribution in [0.25, 0.3) is 28.1 Å². The molecule has 7 heteroatoms. The zero-order chi connectivity index (χ0) is 14.2. The number of imidazole rings is 1. The SMILES string of the molecule is Nc1ccc(-c2cnn(-c3ncnc4nc[nH]c34)c2)cc1. The van der Waals surface area contributed by atoms with Gasteiger partial charge in [-0.15, -0.1) is 0 Å². The molecule has 0 atom stereocenters. The van der Waals surface area contributed by atoms with Gasteiger partial charge in [0.1, 0.15) is 11.8 Å². The van der Waals surface area contributed by atoms with E-state index in [2.05, 4.69) is 25.0 Å². The molecule has 0 saturated carbocycles. The van der Waals surface area contributed by atoms with Crippen molar-refractivity contribution >= 4 is 16.9 Å². The van der Waals surface area contributed by atoms with Crippen LogP contribution in [0.4, 0.5) is 5.69 Å². The van der Waals surface area contributed by atoms with Crippen molar-refractivity contribution in [3.05, 3.63) is 49.3 Å². The molecule has 102 valence electrons. The number of aromatic amines is 1. The van der Waals surface area contributed by atoms with Crippen LogP contribution >= 0.6 is 0 Å². The minimum atomic E-state index is 0.615. The normalized spacial score (nSPS) is 11.0. The van der Waals surface area contributed by atoms with Crippen LogP contribution in [0.1, 0.15) is 0 Å². The molecular formula is C14H11N7. The molecule has 0 radical (unpaired) electrons. The fraction of sp³-hybridized carbons (Fsp3) is 0. The van der Waals surface area contributed by atoms with Crippen molar-refractivity contribution in [3.63, 3.8) is 0 Å². The van der Waals surface area contributed by atoms with Gasteiger partial charge < -0.3 is 10.7 Å². The number of fused-ring (bicyclic) bond motifs is 1. The lowest BCUT2D eigenvalue weighted by Crippen LogP contribution is -1.99. The van der Waals surface area contributed by atoms with Crippen molar-refractivity contribution in [2.75, 3.05) is 5.73 Å². The second-order valence-corrected chi connectivity index (χ2v) is 4.59. The lowest BCUT2D eigenvalue weighted by molar-refractivity contribution is 0.848.